The van der Waals surface area contributed by atoms with Gasteiger partial charge in [0.1, 0.15) is 0 Å². The Morgan fingerprint density at radius 2 is 2.11 bits per heavy atom. The second kappa shape index (κ2) is 4.42. The van der Waals surface area contributed by atoms with Crippen molar-refractivity contribution in [2.45, 2.75) is 6.42 Å². The first-order chi connectivity index (χ1) is 9.15. The van der Waals surface area contributed by atoms with Gasteiger partial charge in [-0.15, -0.1) is 0 Å². The topological polar surface area (TPSA) is 73.4 Å². The molecule has 98 valence electrons. The Labute approximate surface area is 109 Å². The lowest BCUT2D eigenvalue weighted by Crippen LogP contribution is -2.50. The molecule has 2 aromatic rings. The average molecular weight is 258 g/mol. The van der Waals surface area contributed by atoms with Gasteiger partial charge in [0.25, 0.3) is 5.91 Å². The van der Waals surface area contributed by atoms with Crippen molar-refractivity contribution in [3.05, 3.63) is 36.0 Å². The van der Waals surface area contributed by atoms with Crippen molar-refractivity contribution < 1.29 is 14.7 Å². The number of benzene rings is 1. The number of para-hydroxylation sites is 1. The van der Waals surface area contributed by atoms with Crippen LogP contribution in [0.4, 0.5) is 0 Å². The number of likely N-dealkylation sites (tertiary alicyclic amines) is 1. The standard InChI is InChI=1S/C14H14N2O3/c17-12(18)6-9-7-16(8-9)14(19)11-3-1-2-10-4-5-15-13(10)11/h1-5,9,15H,6-8H2,(H,17,18). The molecule has 0 aliphatic carbocycles. The highest BCUT2D eigenvalue weighted by atomic mass is 16.4. The van der Waals surface area contributed by atoms with Gasteiger partial charge < -0.3 is 15.0 Å². The van der Waals surface area contributed by atoms with Crippen molar-refractivity contribution in [1.29, 1.82) is 0 Å². The molecule has 1 aromatic carbocycles. The van der Waals surface area contributed by atoms with Crippen LogP contribution in [0.1, 0.15) is 16.8 Å². The highest BCUT2D eigenvalue weighted by Crippen LogP contribution is 2.24. The summed E-state index contributed by atoms with van der Waals surface area (Å²) < 4.78 is 0. The number of carbonyl (C=O) groups excluding carboxylic acids is 1. The zero-order valence-electron chi connectivity index (χ0n) is 10.3. The highest BCUT2D eigenvalue weighted by Gasteiger charge is 2.33. The summed E-state index contributed by atoms with van der Waals surface area (Å²) in [4.78, 5) is 27.7. The lowest BCUT2D eigenvalue weighted by molar-refractivity contribution is -0.139. The Kier molecular flexibility index (Phi) is 2.74. The number of aromatic amines is 1. The number of carboxylic acid groups (broad SMARTS) is 1. The maximum atomic E-state index is 12.3. The van der Waals surface area contributed by atoms with E-state index in [0.29, 0.717) is 18.7 Å². The second-order valence-electron chi connectivity index (χ2n) is 4.92. The van der Waals surface area contributed by atoms with Gasteiger partial charge in [-0.3, -0.25) is 9.59 Å². The van der Waals surface area contributed by atoms with Crippen molar-refractivity contribution in [2.75, 3.05) is 13.1 Å². The number of amides is 1. The molecule has 3 rings (SSSR count). The van der Waals surface area contributed by atoms with Crippen LogP contribution in [0.2, 0.25) is 0 Å². The van der Waals surface area contributed by atoms with Gasteiger partial charge in [-0.2, -0.15) is 0 Å². The van der Waals surface area contributed by atoms with E-state index in [1.54, 1.807) is 11.0 Å². The molecule has 0 atom stereocenters. The van der Waals surface area contributed by atoms with Crippen molar-refractivity contribution >= 4 is 22.8 Å². The van der Waals surface area contributed by atoms with E-state index >= 15 is 0 Å². The molecule has 2 heterocycles. The Balaban J connectivity index is 1.75. The third-order valence-electron chi connectivity index (χ3n) is 3.53. The van der Waals surface area contributed by atoms with E-state index in [1.165, 1.54) is 0 Å². The summed E-state index contributed by atoms with van der Waals surface area (Å²) in [6.45, 7) is 1.06. The number of H-pyrrole nitrogens is 1. The first-order valence-electron chi connectivity index (χ1n) is 6.22. The van der Waals surface area contributed by atoms with E-state index in [4.69, 9.17) is 5.11 Å². The van der Waals surface area contributed by atoms with Crippen molar-refractivity contribution in [3.63, 3.8) is 0 Å². The number of aliphatic carboxylic acids is 1. The molecule has 0 radical (unpaired) electrons. The molecule has 19 heavy (non-hydrogen) atoms. The first kappa shape index (κ1) is 11.8. The molecule has 0 bridgehead atoms. The summed E-state index contributed by atoms with van der Waals surface area (Å²) >= 11 is 0. The molecule has 1 aromatic heterocycles. The number of hydrogen-bond acceptors (Lipinski definition) is 2. The average Bonchev–Trinajstić information content (AvgIpc) is 2.80. The molecule has 5 nitrogen and oxygen atoms in total. The van der Waals surface area contributed by atoms with Crippen LogP contribution in [-0.4, -0.2) is 40.0 Å². The molecular formula is C14H14N2O3. The third-order valence-corrected chi connectivity index (χ3v) is 3.53. The fraction of sp³-hybridized carbons (Fsp3) is 0.286. The van der Waals surface area contributed by atoms with Crippen molar-refractivity contribution in [3.8, 4) is 0 Å². The van der Waals surface area contributed by atoms with E-state index in [0.717, 1.165) is 10.9 Å². The molecule has 0 unspecified atom stereocenters. The number of carbonyl (C=O) groups is 2. The van der Waals surface area contributed by atoms with Crippen LogP contribution < -0.4 is 0 Å². The molecule has 0 saturated carbocycles. The summed E-state index contributed by atoms with van der Waals surface area (Å²) in [6, 6.07) is 7.53. The Morgan fingerprint density at radius 3 is 2.84 bits per heavy atom. The van der Waals surface area contributed by atoms with Crippen molar-refractivity contribution in [2.24, 2.45) is 5.92 Å². The fourth-order valence-corrected chi connectivity index (χ4v) is 2.55. The van der Waals surface area contributed by atoms with Gasteiger partial charge >= 0.3 is 5.97 Å². The van der Waals surface area contributed by atoms with Crippen LogP contribution in [0.25, 0.3) is 10.9 Å². The fourth-order valence-electron chi connectivity index (χ4n) is 2.55. The van der Waals surface area contributed by atoms with Gasteiger partial charge in [0, 0.05) is 30.6 Å². The smallest absolute Gasteiger partial charge is 0.303 e. The Bertz CT molecular complexity index is 641. The molecule has 1 aliphatic rings. The largest absolute Gasteiger partial charge is 0.481 e. The molecule has 5 heteroatoms. The normalized spacial score (nSPS) is 15.5. The lowest BCUT2D eigenvalue weighted by atomic mass is 9.95. The van der Waals surface area contributed by atoms with E-state index < -0.39 is 5.97 Å². The van der Waals surface area contributed by atoms with Gasteiger partial charge in [0.2, 0.25) is 0 Å². The number of aromatic nitrogens is 1. The van der Waals surface area contributed by atoms with Gasteiger partial charge in [-0.1, -0.05) is 12.1 Å². The number of nitrogens with one attached hydrogen (secondary N) is 1. The number of nitrogens with zero attached hydrogens (tertiary/aromatic N) is 1. The number of rotatable bonds is 3. The maximum Gasteiger partial charge on any atom is 0.303 e. The zero-order valence-corrected chi connectivity index (χ0v) is 10.3. The van der Waals surface area contributed by atoms with Gasteiger partial charge in [-0.05, 0) is 12.1 Å². The van der Waals surface area contributed by atoms with Crippen LogP contribution in [-0.2, 0) is 4.79 Å². The summed E-state index contributed by atoms with van der Waals surface area (Å²) in [5, 5.41) is 9.70. The molecule has 0 spiro atoms. The monoisotopic (exact) mass is 258 g/mol. The van der Waals surface area contributed by atoms with Crippen LogP contribution in [0, 0.1) is 5.92 Å². The minimum atomic E-state index is -0.802. The lowest BCUT2D eigenvalue weighted by Gasteiger charge is -2.38. The summed E-state index contributed by atoms with van der Waals surface area (Å²) in [6.07, 6.45) is 1.95. The minimum Gasteiger partial charge on any atom is -0.481 e. The number of hydrogen-bond donors (Lipinski definition) is 2. The maximum absolute atomic E-state index is 12.3. The summed E-state index contributed by atoms with van der Waals surface area (Å²) in [7, 11) is 0. The van der Waals surface area contributed by atoms with Crippen LogP contribution in [0.15, 0.2) is 30.5 Å². The first-order valence-corrected chi connectivity index (χ1v) is 6.22. The summed E-state index contributed by atoms with van der Waals surface area (Å²) in [5.41, 5.74) is 1.49. The van der Waals surface area contributed by atoms with Crippen LogP contribution >= 0.6 is 0 Å². The van der Waals surface area contributed by atoms with Crippen LogP contribution in [0.3, 0.4) is 0 Å². The minimum absolute atomic E-state index is 0.0327. The molecule has 2 N–H and O–H groups in total. The predicted molar refractivity (Wildman–Crippen MR) is 69.9 cm³/mol. The SMILES string of the molecule is O=C(O)CC1CN(C(=O)c2cccc3cc[nH]c23)C1. The third kappa shape index (κ3) is 2.07. The number of carboxylic acids is 1. The Morgan fingerprint density at radius 1 is 1.32 bits per heavy atom. The van der Waals surface area contributed by atoms with E-state index in [-0.39, 0.29) is 18.2 Å². The molecule has 1 fully saturated rings. The van der Waals surface area contributed by atoms with E-state index in [9.17, 15) is 9.59 Å². The predicted octanol–water partition coefficient (Wildman–Crippen LogP) is 1.71. The highest BCUT2D eigenvalue weighted by molar-refractivity contribution is 6.05. The molecule has 1 amide bonds. The van der Waals surface area contributed by atoms with Gasteiger partial charge in [0.15, 0.2) is 0 Å². The molecular weight excluding hydrogens is 244 g/mol. The van der Waals surface area contributed by atoms with Crippen molar-refractivity contribution in [1.82, 2.24) is 9.88 Å². The van der Waals surface area contributed by atoms with Crippen LogP contribution in [0.5, 0.6) is 0 Å². The van der Waals surface area contributed by atoms with E-state index in [1.807, 2.05) is 24.4 Å². The van der Waals surface area contributed by atoms with Gasteiger partial charge in [0.05, 0.1) is 17.5 Å². The molecule has 1 saturated heterocycles. The Hall–Kier alpha value is -2.30. The molecule has 1 aliphatic heterocycles. The quantitative estimate of drug-likeness (QED) is 0.880. The summed E-state index contributed by atoms with van der Waals surface area (Å²) in [5.74, 6) is -0.748. The zero-order chi connectivity index (χ0) is 13.4. The second-order valence-corrected chi connectivity index (χ2v) is 4.92. The van der Waals surface area contributed by atoms with Gasteiger partial charge in [-0.25, -0.2) is 0 Å². The van der Waals surface area contributed by atoms with E-state index in [2.05, 4.69) is 4.98 Å². The number of fused-ring (bicyclic) bond motifs is 1.